The number of hydrogen-bond donors (Lipinski definition) is 0. The number of likely N-dealkylation sites (tertiary alicyclic amines) is 1. The summed E-state index contributed by atoms with van der Waals surface area (Å²) in [5.41, 5.74) is -0.685. The number of amides is 1. The number of isocyanates is 1. The maximum atomic E-state index is 13.7. The number of halogens is 1. The molecule has 0 saturated carbocycles. The van der Waals surface area contributed by atoms with Gasteiger partial charge < -0.3 is 14.4 Å². The molecule has 0 radical (unpaired) electrons. The maximum absolute atomic E-state index is 13.7. The Kier molecular flexibility index (Phi) is 5.57. The van der Waals surface area contributed by atoms with Gasteiger partial charge in [0.25, 0.3) is 0 Å². The van der Waals surface area contributed by atoms with Crippen molar-refractivity contribution in [1.82, 2.24) is 4.90 Å². The van der Waals surface area contributed by atoms with Crippen molar-refractivity contribution in [3.63, 3.8) is 0 Å². The van der Waals surface area contributed by atoms with Crippen LogP contribution in [-0.2, 0) is 9.53 Å². The number of piperidine rings is 1. The fraction of sp³-hybridized carbons (Fsp3) is 0.529. The normalized spacial score (nSPS) is 15.6. The molecule has 1 heterocycles. The van der Waals surface area contributed by atoms with E-state index in [-0.39, 0.29) is 23.6 Å². The van der Waals surface area contributed by atoms with Crippen LogP contribution in [0.1, 0.15) is 33.6 Å². The van der Waals surface area contributed by atoms with Gasteiger partial charge in [-0.05, 0) is 32.9 Å². The predicted octanol–water partition coefficient (Wildman–Crippen LogP) is 3.57. The largest absolute Gasteiger partial charge is 0.488 e. The summed E-state index contributed by atoms with van der Waals surface area (Å²) >= 11 is 0. The fourth-order valence-electron chi connectivity index (χ4n) is 2.41. The lowest BCUT2D eigenvalue weighted by Crippen LogP contribution is -2.44. The lowest BCUT2D eigenvalue weighted by molar-refractivity contribution is 0.0127. The van der Waals surface area contributed by atoms with Crippen molar-refractivity contribution in [2.45, 2.75) is 45.3 Å². The summed E-state index contributed by atoms with van der Waals surface area (Å²) in [6.07, 6.45) is 1.96. The van der Waals surface area contributed by atoms with Gasteiger partial charge in [0.2, 0.25) is 6.08 Å². The van der Waals surface area contributed by atoms with Crippen LogP contribution >= 0.6 is 0 Å². The quantitative estimate of drug-likeness (QED) is 0.625. The summed E-state index contributed by atoms with van der Waals surface area (Å²) in [5, 5.41) is 0. The van der Waals surface area contributed by atoms with Crippen LogP contribution in [0.5, 0.6) is 5.75 Å². The van der Waals surface area contributed by atoms with E-state index in [0.717, 1.165) is 0 Å². The Morgan fingerprint density at radius 2 is 2.00 bits per heavy atom. The van der Waals surface area contributed by atoms with E-state index in [1.165, 1.54) is 18.2 Å². The highest BCUT2D eigenvalue weighted by molar-refractivity contribution is 5.68. The molecule has 1 aliphatic heterocycles. The van der Waals surface area contributed by atoms with Crippen LogP contribution in [0.3, 0.4) is 0 Å². The number of para-hydroxylation sites is 1. The molecule has 0 spiro atoms. The summed E-state index contributed by atoms with van der Waals surface area (Å²) in [6, 6.07) is 4.25. The topological polar surface area (TPSA) is 68.2 Å². The van der Waals surface area contributed by atoms with Crippen LogP contribution in [0, 0.1) is 5.82 Å². The lowest BCUT2D eigenvalue weighted by Gasteiger charge is -2.33. The molecule has 6 nitrogen and oxygen atoms in total. The summed E-state index contributed by atoms with van der Waals surface area (Å²) < 4.78 is 24.8. The molecule has 1 aliphatic rings. The molecule has 2 rings (SSSR count). The van der Waals surface area contributed by atoms with Gasteiger partial charge in [-0.2, -0.15) is 4.99 Å². The molecule has 1 amide bonds. The van der Waals surface area contributed by atoms with Gasteiger partial charge in [-0.3, -0.25) is 0 Å². The number of aliphatic imine (C=N–C) groups is 1. The Morgan fingerprint density at radius 1 is 1.33 bits per heavy atom. The zero-order valence-electron chi connectivity index (χ0n) is 14.0. The summed E-state index contributed by atoms with van der Waals surface area (Å²) in [7, 11) is 0. The number of carbonyl (C=O) groups excluding carboxylic acids is 2. The Balaban J connectivity index is 1.96. The molecule has 1 aromatic carbocycles. The van der Waals surface area contributed by atoms with Gasteiger partial charge >= 0.3 is 6.09 Å². The molecule has 0 unspecified atom stereocenters. The minimum absolute atomic E-state index is 0.151. The summed E-state index contributed by atoms with van der Waals surface area (Å²) in [6.45, 7) is 6.43. The molecule has 1 aromatic rings. The molecule has 0 bridgehead atoms. The average molecular weight is 336 g/mol. The zero-order valence-corrected chi connectivity index (χ0v) is 14.0. The van der Waals surface area contributed by atoms with Gasteiger partial charge in [-0.15, -0.1) is 0 Å². The Bertz CT molecular complexity index is 642. The van der Waals surface area contributed by atoms with E-state index in [1.54, 1.807) is 11.0 Å². The molecule has 1 fully saturated rings. The van der Waals surface area contributed by atoms with E-state index in [2.05, 4.69) is 4.99 Å². The van der Waals surface area contributed by atoms with Crippen molar-refractivity contribution < 1.29 is 23.5 Å². The second-order valence-electron chi connectivity index (χ2n) is 6.57. The number of nitrogens with zero attached hydrogens (tertiary/aromatic N) is 2. The third kappa shape index (κ3) is 4.80. The van der Waals surface area contributed by atoms with Crippen molar-refractivity contribution in [3.05, 3.63) is 24.0 Å². The van der Waals surface area contributed by atoms with Gasteiger partial charge in [0.05, 0.1) is 0 Å². The van der Waals surface area contributed by atoms with E-state index in [9.17, 15) is 14.0 Å². The van der Waals surface area contributed by atoms with Gasteiger partial charge in [-0.1, -0.05) is 6.07 Å². The van der Waals surface area contributed by atoms with Crippen LogP contribution in [0.2, 0.25) is 0 Å². The van der Waals surface area contributed by atoms with Crippen LogP contribution in [0.25, 0.3) is 0 Å². The third-order valence-corrected chi connectivity index (χ3v) is 3.49. The first-order valence-corrected chi connectivity index (χ1v) is 7.81. The smallest absolute Gasteiger partial charge is 0.410 e. The first-order chi connectivity index (χ1) is 11.3. The average Bonchev–Trinajstić information content (AvgIpc) is 2.50. The van der Waals surface area contributed by atoms with Crippen molar-refractivity contribution in [1.29, 1.82) is 0 Å². The Labute approximate surface area is 140 Å². The minimum atomic E-state index is -0.637. The molecule has 130 valence electrons. The second kappa shape index (κ2) is 7.45. The van der Waals surface area contributed by atoms with E-state index in [4.69, 9.17) is 9.47 Å². The van der Waals surface area contributed by atoms with E-state index >= 15 is 0 Å². The number of hydrogen-bond acceptors (Lipinski definition) is 5. The number of benzene rings is 1. The van der Waals surface area contributed by atoms with Gasteiger partial charge in [0.1, 0.15) is 17.5 Å². The fourth-order valence-corrected chi connectivity index (χ4v) is 2.41. The van der Waals surface area contributed by atoms with Crippen molar-refractivity contribution in [2.75, 3.05) is 13.1 Å². The number of carbonyl (C=O) groups is 1. The molecule has 1 saturated heterocycles. The highest BCUT2D eigenvalue weighted by Gasteiger charge is 2.28. The first kappa shape index (κ1) is 17.9. The summed E-state index contributed by atoms with van der Waals surface area (Å²) in [4.78, 5) is 27.4. The van der Waals surface area contributed by atoms with Gasteiger partial charge in [0.15, 0.2) is 11.5 Å². The van der Waals surface area contributed by atoms with Crippen LogP contribution in [-0.4, -0.2) is 41.9 Å². The first-order valence-electron chi connectivity index (χ1n) is 7.81. The van der Waals surface area contributed by atoms with Crippen molar-refractivity contribution in [3.8, 4) is 5.75 Å². The predicted molar refractivity (Wildman–Crippen MR) is 85.6 cm³/mol. The summed E-state index contributed by atoms with van der Waals surface area (Å²) in [5.74, 6) is -0.434. The van der Waals surface area contributed by atoms with Crippen molar-refractivity contribution >= 4 is 17.9 Å². The van der Waals surface area contributed by atoms with E-state index in [1.807, 2.05) is 20.8 Å². The lowest BCUT2D eigenvalue weighted by atomic mass is 10.1. The molecule has 0 aromatic heterocycles. The molecule has 7 heteroatoms. The second-order valence-corrected chi connectivity index (χ2v) is 6.57. The number of ether oxygens (including phenoxy) is 2. The SMILES string of the molecule is CC(C)(C)OC(=O)N1CCC(Oc2cccc(F)c2N=C=O)CC1. The highest BCUT2D eigenvalue weighted by atomic mass is 19.1. The van der Waals surface area contributed by atoms with Crippen LogP contribution < -0.4 is 4.74 Å². The Morgan fingerprint density at radius 3 is 2.58 bits per heavy atom. The third-order valence-electron chi connectivity index (χ3n) is 3.49. The van der Waals surface area contributed by atoms with E-state index in [0.29, 0.717) is 25.9 Å². The van der Waals surface area contributed by atoms with Gasteiger partial charge in [-0.25, -0.2) is 14.0 Å². The monoisotopic (exact) mass is 336 g/mol. The van der Waals surface area contributed by atoms with Gasteiger partial charge in [0, 0.05) is 25.9 Å². The van der Waals surface area contributed by atoms with Crippen LogP contribution in [0.15, 0.2) is 23.2 Å². The zero-order chi connectivity index (χ0) is 17.7. The minimum Gasteiger partial charge on any atom is -0.488 e. The maximum Gasteiger partial charge on any atom is 0.410 e. The molecule has 24 heavy (non-hydrogen) atoms. The number of rotatable bonds is 3. The Hall–Kier alpha value is -2.40. The standard InChI is InChI=1S/C17H21FN2O4/c1-17(2,3)24-16(22)20-9-7-12(8-10-20)23-14-6-4-5-13(18)15(14)19-11-21/h4-6,12H,7-10H2,1-3H3. The molecule has 0 atom stereocenters. The molecular formula is C17H21FN2O4. The molecular weight excluding hydrogens is 315 g/mol. The van der Waals surface area contributed by atoms with E-state index < -0.39 is 11.4 Å². The van der Waals surface area contributed by atoms with Crippen molar-refractivity contribution in [2.24, 2.45) is 4.99 Å². The molecule has 0 N–H and O–H groups in total. The highest BCUT2D eigenvalue weighted by Crippen LogP contribution is 2.32. The van der Waals surface area contributed by atoms with Crippen LogP contribution in [0.4, 0.5) is 14.9 Å². The molecule has 0 aliphatic carbocycles.